The van der Waals surface area contributed by atoms with Crippen molar-refractivity contribution in [1.29, 1.82) is 0 Å². The SMILES string of the molecule is CN(/N=C/c1ccccn1)c1cc(N(C)/N=C/c2cc(/C=N/N(C)c3cc(N(C)/N=C/c4cc(/C=N/N(C)c5cc(N(C)/N=C/c6cc(/C=N/N(C)c7cc(N(C)/N=C/c8cc(/C=N/N(C)c9cc(N(C)/N=C/c%10ccccn%10)ncn9)ncn8)ncn7)ncn6)ncn5)ncn4)ncn3)ncn2)ncn1. The molecule has 0 amide bonds. The average molecular weight is 1420 g/mol. The summed E-state index contributed by atoms with van der Waals surface area (Å²) in [5, 5.41) is 61.1. The first-order chi connectivity index (χ1) is 51.6. The number of nitrogens with zero attached hydrogens (tertiary/aromatic N) is 40. The first kappa shape index (κ1) is 72.0. The van der Waals surface area contributed by atoms with E-state index in [2.05, 4.69) is 151 Å². The monoisotopic (exact) mass is 1420 g/mol. The maximum Gasteiger partial charge on any atom is 0.154 e. The lowest BCUT2D eigenvalue weighted by molar-refractivity contribution is 0.929. The highest BCUT2D eigenvalue weighted by Crippen LogP contribution is 2.22. The van der Waals surface area contributed by atoms with Gasteiger partial charge < -0.3 is 0 Å². The summed E-state index contributed by atoms with van der Waals surface area (Å²) in [5.41, 5.74) is 5.59. The van der Waals surface area contributed by atoms with Crippen LogP contribution in [0.1, 0.15) is 56.9 Å². The molecule has 0 unspecified atom stereocenters. The third-order valence-corrected chi connectivity index (χ3v) is 14.4. The molecule has 11 rings (SSSR count). The Morgan fingerprint density at radius 1 is 0.179 bits per heavy atom. The minimum atomic E-state index is 0.478. The lowest BCUT2D eigenvalue weighted by atomic mass is 10.3. The normalized spacial score (nSPS) is 11.9. The van der Waals surface area contributed by atoms with E-state index in [9.17, 15) is 0 Å². The van der Waals surface area contributed by atoms with E-state index in [-0.39, 0.29) is 0 Å². The molecule has 11 aromatic heterocycles. The van der Waals surface area contributed by atoms with E-state index < -0.39 is 0 Å². The van der Waals surface area contributed by atoms with Crippen molar-refractivity contribution in [2.45, 2.75) is 0 Å². The lowest BCUT2D eigenvalue weighted by Gasteiger charge is -2.16. The molecular weight excluding hydrogens is 1350 g/mol. The molecule has 0 saturated carbocycles. The number of aromatic nitrogens is 20. The predicted molar refractivity (Wildman–Crippen MR) is 407 cm³/mol. The van der Waals surface area contributed by atoms with Gasteiger partial charge in [0, 0.05) is 113 Å². The second-order valence-electron chi connectivity index (χ2n) is 21.8. The van der Waals surface area contributed by atoms with Gasteiger partial charge in [-0.1, -0.05) is 12.1 Å². The summed E-state index contributed by atoms with van der Waals surface area (Å²) in [6.45, 7) is 0. The van der Waals surface area contributed by atoms with Crippen molar-refractivity contribution < 1.29 is 0 Å². The number of rotatable bonds is 30. The molecule has 0 aliphatic rings. The Morgan fingerprint density at radius 2 is 0.330 bits per heavy atom. The third-order valence-electron chi connectivity index (χ3n) is 14.4. The molecule has 0 fully saturated rings. The molecule has 0 N–H and O–H groups in total. The number of anilines is 10. The maximum absolute atomic E-state index is 4.57. The lowest BCUT2D eigenvalue weighted by Crippen LogP contribution is -2.15. The molecule has 0 spiro atoms. The van der Waals surface area contributed by atoms with Crippen LogP contribution < -0.4 is 50.1 Å². The van der Waals surface area contributed by atoms with Gasteiger partial charge in [-0.25, -0.2) is 89.7 Å². The third kappa shape index (κ3) is 20.9. The molecule has 40 nitrogen and oxygen atoms in total. The summed E-state index contributed by atoms with van der Waals surface area (Å²) in [7, 11) is 17.5. The van der Waals surface area contributed by atoms with Crippen LogP contribution in [0.3, 0.4) is 0 Å². The molecule has 0 aliphatic heterocycles. The largest absolute Gasteiger partial charge is 0.255 e. The first-order valence-corrected chi connectivity index (χ1v) is 31.6. The highest BCUT2D eigenvalue weighted by atomic mass is 15.5. The zero-order chi connectivity index (χ0) is 74.0. The van der Waals surface area contributed by atoms with Crippen molar-refractivity contribution in [3.05, 3.63) is 217 Å². The molecular formula is C66H66N40. The van der Waals surface area contributed by atoms with Crippen LogP contribution in [-0.4, -0.2) is 232 Å². The average Bonchev–Trinajstić information content (AvgIpc) is 0.868. The van der Waals surface area contributed by atoms with E-state index in [1.54, 1.807) is 250 Å². The van der Waals surface area contributed by atoms with E-state index >= 15 is 0 Å². The quantitative estimate of drug-likeness (QED) is 0.0447. The van der Waals surface area contributed by atoms with Crippen LogP contribution in [0, 0.1) is 0 Å². The summed E-state index contributed by atoms with van der Waals surface area (Å²) in [6.07, 6.45) is 32.1. The first-order valence-electron chi connectivity index (χ1n) is 31.6. The number of hydrogen-bond donors (Lipinski definition) is 0. The van der Waals surface area contributed by atoms with Gasteiger partial charge in [-0.2, -0.15) is 51.0 Å². The van der Waals surface area contributed by atoms with Crippen molar-refractivity contribution in [3.8, 4) is 0 Å². The summed E-state index contributed by atoms with van der Waals surface area (Å²) in [5.74, 6) is 5.09. The fraction of sp³-hybridized carbons (Fsp3) is 0.152. The molecule has 0 saturated heterocycles. The molecule has 106 heavy (non-hydrogen) atoms. The van der Waals surface area contributed by atoms with E-state index in [0.29, 0.717) is 115 Å². The zero-order valence-corrected chi connectivity index (χ0v) is 58.7. The highest BCUT2D eigenvalue weighted by molar-refractivity contribution is 5.87. The van der Waals surface area contributed by atoms with Crippen LogP contribution in [0.5, 0.6) is 0 Å². The van der Waals surface area contributed by atoms with Crippen molar-refractivity contribution in [1.82, 2.24) is 99.7 Å². The molecule has 0 aromatic carbocycles. The van der Waals surface area contributed by atoms with Gasteiger partial charge in [-0.15, -0.1) is 0 Å². The standard InChI is InChI=1S/C66H66N40/c1-97(87-28-47-15-11-13-17-67-47)57-23-59(79-42-77-57)99(3)89-30-49-19-51(71-38-69-49)32-91-101(5)61-25-63(83-44-81-61)103(7)93-34-53-21-55(75-40-73-53)36-95-105(9)65-27-66(86-46-85-65)106(10)96-37-56-22-54(74-41-76-56)35-94-104(8)64-26-62(82-45-84-64)102(6)92-33-52-20-50(70-39-72-52)31-90-100(4)60-24-58(78-43-80-60)98(2)88-29-48-16-12-14-18-68-48/h11-46H,1-10H3/b87-28+,88-29+,89-30+,90-31+,91-32+,92-33+,93-34+,94-35+,95-36+,96-37+. The predicted octanol–water partition coefficient (Wildman–Crippen LogP) is 4.29. The fourth-order valence-electron chi connectivity index (χ4n) is 8.53. The van der Waals surface area contributed by atoms with E-state index in [1.165, 1.54) is 56.9 Å². The van der Waals surface area contributed by atoms with Gasteiger partial charge in [0.15, 0.2) is 58.2 Å². The number of hydrazone groups is 10. The van der Waals surface area contributed by atoms with Crippen LogP contribution in [0.15, 0.2) is 211 Å². The minimum Gasteiger partial charge on any atom is -0.255 e. The molecule has 0 radical (unpaired) electrons. The Bertz CT molecular complexity index is 4740. The Hall–Kier alpha value is -15.3. The molecule has 11 heterocycles. The Balaban J connectivity index is 0.630. The zero-order valence-electron chi connectivity index (χ0n) is 58.7. The second kappa shape index (κ2) is 35.7. The van der Waals surface area contributed by atoms with Crippen molar-refractivity contribution >= 4 is 120 Å². The molecule has 530 valence electrons. The molecule has 0 atom stereocenters. The van der Waals surface area contributed by atoms with Gasteiger partial charge in [-0.05, 0) is 48.5 Å². The van der Waals surface area contributed by atoms with Gasteiger partial charge in [0.25, 0.3) is 0 Å². The van der Waals surface area contributed by atoms with Crippen molar-refractivity contribution in [2.75, 3.05) is 121 Å². The van der Waals surface area contributed by atoms with Gasteiger partial charge in [0.1, 0.15) is 56.9 Å². The van der Waals surface area contributed by atoms with Gasteiger partial charge >= 0.3 is 0 Å². The summed E-state index contributed by atoms with van der Waals surface area (Å²) in [4.78, 5) is 87.1. The van der Waals surface area contributed by atoms with Crippen LogP contribution >= 0.6 is 0 Å². The van der Waals surface area contributed by atoms with Gasteiger partial charge in [0.2, 0.25) is 0 Å². The topological polar surface area (TPSA) is 414 Å². The fourth-order valence-corrected chi connectivity index (χ4v) is 8.53. The number of hydrogen-bond acceptors (Lipinski definition) is 40. The molecule has 40 heteroatoms. The van der Waals surface area contributed by atoms with E-state index in [4.69, 9.17) is 0 Å². The minimum absolute atomic E-state index is 0.478. The Kier molecular flexibility index (Phi) is 24.2. The summed E-state index contributed by atoms with van der Waals surface area (Å²) >= 11 is 0. The van der Waals surface area contributed by atoms with Crippen molar-refractivity contribution in [2.24, 2.45) is 51.0 Å². The van der Waals surface area contributed by atoms with E-state index in [0.717, 1.165) is 0 Å². The van der Waals surface area contributed by atoms with Crippen LogP contribution in [-0.2, 0) is 0 Å². The van der Waals surface area contributed by atoms with E-state index in [1.807, 2.05) is 36.4 Å². The van der Waals surface area contributed by atoms with Gasteiger partial charge in [0.05, 0.1) is 119 Å². The van der Waals surface area contributed by atoms with Gasteiger partial charge in [-0.3, -0.25) is 60.1 Å². The molecule has 11 aromatic rings. The van der Waals surface area contributed by atoms with Crippen LogP contribution in [0.25, 0.3) is 0 Å². The second-order valence-corrected chi connectivity index (χ2v) is 21.8. The van der Waals surface area contributed by atoms with Crippen LogP contribution in [0.2, 0.25) is 0 Å². The maximum atomic E-state index is 4.57. The highest BCUT2D eigenvalue weighted by Gasteiger charge is 2.14. The molecule has 0 aliphatic carbocycles. The summed E-state index contributed by atoms with van der Waals surface area (Å²) < 4.78 is 0. The molecule has 0 bridgehead atoms. The number of pyridine rings is 2. The van der Waals surface area contributed by atoms with Crippen LogP contribution in [0.4, 0.5) is 58.2 Å². The van der Waals surface area contributed by atoms with Crippen molar-refractivity contribution in [3.63, 3.8) is 0 Å². The summed E-state index contributed by atoms with van der Waals surface area (Å²) in [6, 6.07) is 26.8. The Labute approximate surface area is 606 Å². The Morgan fingerprint density at radius 3 is 0.481 bits per heavy atom. The smallest absolute Gasteiger partial charge is 0.154 e.